The minimum atomic E-state index is -1.05. The standard InChI is InChI=1S/C21H22ClNO6/c1-4-28-18(24)11-17-21(25)23-15-9-8-12(22)10-14(15)19(29-17)13-6-5-7-16(26-2)20(13)27-3/h5-10,17,19H,4,11H2,1-3H3,(H,23,25)/t17-,19-/m0/s1. The van der Waals surface area contributed by atoms with Gasteiger partial charge in [0.25, 0.3) is 5.91 Å². The lowest BCUT2D eigenvalue weighted by molar-refractivity contribution is -0.150. The number of hydrogen-bond acceptors (Lipinski definition) is 6. The molecule has 0 radical (unpaired) electrons. The monoisotopic (exact) mass is 419 g/mol. The van der Waals surface area contributed by atoms with Crippen molar-refractivity contribution in [3.63, 3.8) is 0 Å². The van der Waals surface area contributed by atoms with E-state index in [1.165, 1.54) is 14.2 Å². The Kier molecular flexibility index (Phi) is 6.61. The molecular weight excluding hydrogens is 398 g/mol. The number of amides is 1. The van der Waals surface area contributed by atoms with Crippen molar-refractivity contribution in [2.24, 2.45) is 0 Å². The minimum absolute atomic E-state index is 0.218. The summed E-state index contributed by atoms with van der Waals surface area (Å²) in [5.41, 5.74) is 1.82. The molecule has 1 N–H and O–H groups in total. The number of para-hydroxylation sites is 1. The molecule has 2 atom stereocenters. The fraction of sp³-hybridized carbons (Fsp3) is 0.333. The summed E-state index contributed by atoms with van der Waals surface area (Å²) in [5.74, 6) is 0.0248. The van der Waals surface area contributed by atoms with Crippen LogP contribution in [0.1, 0.15) is 30.6 Å². The lowest BCUT2D eigenvalue weighted by Crippen LogP contribution is -2.32. The first kappa shape index (κ1) is 21.0. The number of nitrogens with one attached hydrogen (secondary N) is 1. The maximum Gasteiger partial charge on any atom is 0.308 e. The number of carbonyl (C=O) groups is 2. The molecular formula is C21H22ClNO6. The fourth-order valence-electron chi connectivity index (χ4n) is 3.25. The Morgan fingerprint density at radius 1 is 1.17 bits per heavy atom. The van der Waals surface area contributed by atoms with Crippen LogP contribution in [0, 0.1) is 0 Å². The Morgan fingerprint density at radius 2 is 1.97 bits per heavy atom. The number of carbonyl (C=O) groups excluding carboxylic acids is 2. The zero-order valence-corrected chi connectivity index (χ0v) is 17.1. The van der Waals surface area contributed by atoms with Crippen molar-refractivity contribution in [1.82, 2.24) is 0 Å². The number of anilines is 1. The van der Waals surface area contributed by atoms with Crippen LogP contribution >= 0.6 is 11.6 Å². The van der Waals surface area contributed by atoms with Gasteiger partial charge in [-0.3, -0.25) is 9.59 Å². The largest absolute Gasteiger partial charge is 0.493 e. The molecule has 29 heavy (non-hydrogen) atoms. The van der Waals surface area contributed by atoms with E-state index in [1.807, 2.05) is 6.07 Å². The molecule has 1 amide bonds. The highest BCUT2D eigenvalue weighted by Gasteiger charge is 2.35. The van der Waals surface area contributed by atoms with Gasteiger partial charge < -0.3 is 24.3 Å². The van der Waals surface area contributed by atoms with Gasteiger partial charge in [-0.2, -0.15) is 0 Å². The summed E-state index contributed by atoms with van der Waals surface area (Å²) in [6, 6.07) is 10.5. The second kappa shape index (κ2) is 9.15. The third-order valence-corrected chi connectivity index (χ3v) is 4.76. The van der Waals surface area contributed by atoms with Crippen LogP contribution in [0.15, 0.2) is 36.4 Å². The van der Waals surface area contributed by atoms with Gasteiger partial charge in [0.05, 0.1) is 27.2 Å². The topological polar surface area (TPSA) is 83.1 Å². The van der Waals surface area contributed by atoms with E-state index in [4.69, 9.17) is 30.5 Å². The van der Waals surface area contributed by atoms with Crippen LogP contribution in [0.5, 0.6) is 11.5 Å². The molecule has 8 heteroatoms. The highest BCUT2D eigenvalue weighted by Crippen LogP contribution is 2.43. The molecule has 0 unspecified atom stereocenters. The second-order valence-corrected chi connectivity index (χ2v) is 6.75. The van der Waals surface area contributed by atoms with Crippen LogP contribution in [-0.4, -0.2) is 38.8 Å². The van der Waals surface area contributed by atoms with Gasteiger partial charge in [-0.05, 0) is 31.2 Å². The summed E-state index contributed by atoms with van der Waals surface area (Å²) in [7, 11) is 3.06. The molecule has 0 aromatic heterocycles. The number of rotatable bonds is 6. The van der Waals surface area contributed by atoms with Gasteiger partial charge in [0.15, 0.2) is 11.5 Å². The summed E-state index contributed by atoms with van der Waals surface area (Å²) in [6.45, 7) is 1.92. The van der Waals surface area contributed by atoms with Crippen LogP contribution in [0.2, 0.25) is 5.02 Å². The van der Waals surface area contributed by atoms with Crippen molar-refractivity contribution in [2.45, 2.75) is 25.6 Å². The molecule has 0 saturated heterocycles. The highest BCUT2D eigenvalue weighted by molar-refractivity contribution is 6.30. The molecule has 3 rings (SSSR count). The van der Waals surface area contributed by atoms with E-state index in [9.17, 15) is 9.59 Å². The van der Waals surface area contributed by atoms with Crippen molar-refractivity contribution in [3.05, 3.63) is 52.5 Å². The summed E-state index contributed by atoms with van der Waals surface area (Å²) in [6.07, 6.45) is -2.00. The van der Waals surface area contributed by atoms with Crippen LogP contribution in [0.4, 0.5) is 5.69 Å². The first-order chi connectivity index (χ1) is 14.0. The molecule has 0 saturated carbocycles. The third-order valence-electron chi connectivity index (χ3n) is 4.52. The molecule has 7 nitrogen and oxygen atoms in total. The first-order valence-corrected chi connectivity index (χ1v) is 9.48. The highest BCUT2D eigenvalue weighted by atomic mass is 35.5. The van der Waals surface area contributed by atoms with E-state index in [1.54, 1.807) is 37.3 Å². The van der Waals surface area contributed by atoms with Gasteiger partial charge >= 0.3 is 5.97 Å². The summed E-state index contributed by atoms with van der Waals surface area (Å²) in [5, 5.41) is 3.29. The maximum atomic E-state index is 12.7. The fourth-order valence-corrected chi connectivity index (χ4v) is 3.43. The van der Waals surface area contributed by atoms with E-state index in [2.05, 4.69) is 5.32 Å². The smallest absolute Gasteiger partial charge is 0.308 e. The normalized spacial score (nSPS) is 18.3. The number of methoxy groups -OCH3 is 2. The predicted molar refractivity (Wildman–Crippen MR) is 108 cm³/mol. The second-order valence-electron chi connectivity index (χ2n) is 6.32. The maximum absolute atomic E-state index is 12.7. The van der Waals surface area contributed by atoms with Crippen molar-refractivity contribution < 1.29 is 28.5 Å². The third kappa shape index (κ3) is 4.46. The summed E-state index contributed by atoms with van der Waals surface area (Å²) >= 11 is 6.21. The molecule has 1 aliphatic rings. The van der Waals surface area contributed by atoms with Gasteiger partial charge in [0.1, 0.15) is 12.2 Å². The van der Waals surface area contributed by atoms with Crippen LogP contribution in [0.3, 0.4) is 0 Å². The average Bonchev–Trinajstić information content (AvgIpc) is 2.84. The lowest BCUT2D eigenvalue weighted by atomic mass is 9.98. The van der Waals surface area contributed by atoms with Gasteiger partial charge in [0.2, 0.25) is 0 Å². The Balaban J connectivity index is 2.10. The van der Waals surface area contributed by atoms with Gasteiger partial charge in [0, 0.05) is 21.8 Å². The number of halogens is 1. The Labute approximate surface area is 173 Å². The van der Waals surface area contributed by atoms with Crippen LogP contribution in [0.25, 0.3) is 0 Å². The van der Waals surface area contributed by atoms with Crippen LogP contribution in [-0.2, 0) is 19.1 Å². The number of esters is 1. The molecule has 0 fully saturated rings. The Bertz CT molecular complexity index is 916. The Morgan fingerprint density at radius 3 is 2.66 bits per heavy atom. The zero-order chi connectivity index (χ0) is 21.0. The van der Waals surface area contributed by atoms with E-state index < -0.39 is 24.1 Å². The van der Waals surface area contributed by atoms with Crippen molar-refractivity contribution in [1.29, 1.82) is 0 Å². The van der Waals surface area contributed by atoms with Crippen molar-refractivity contribution in [2.75, 3.05) is 26.1 Å². The SMILES string of the molecule is CCOC(=O)C[C@@H]1O[C@@H](c2cccc(OC)c2OC)c2cc(Cl)ccc2NC1=O. The minimum Gasteiger partial charge on any atom is -0.493 e. The van der Waals surface area contributed by atoms with Crippen molar-refractivity contribution >= 4 is 29.2 Å². The van der Waals surface area contributed by atoms with E-state index >= 15 is 0 Å². The average molecular weight is 420 g/mol. The summed E-state index contributed by atoms with van der Waals surface area (Å²) < 4.78 is 22.1. The van der Waals surface area contributed by atoms with E-state index in [-0.39, 0.29) is 13.0 Å². The first-order valence-electron chi connectivity index (χ1n) is 9.10. The van der Waals surface area contributed by atoms with Gasteiger partial charge in [-0.15, -0.1) is 0 Å². The quantitative estimate of drug-likeness (QED) is 0.718. The Hall–Kier alpha value is -2.77. The number of benzene rings is 2. The molecule has 2 aromatic carbocycles. The molecule has 1 aliphatic heterocycles. The number of hydrogen-bond donors (Lipinski definition) is 1. The molecule has 1 heterocycles. The molecule has 0 aliphatic carbocycles. The van der Waals surface area contributed by atoms with E-state index in [0.717, 1.165) is 0 Å². The zero-order valence-electron chi connectivity index (χ0n) is 16.4. The molecule has 0 bridgehead atoms. The summed E-state index contributed by atoms with van der Waals surface area (Å²) in [4.78, 5) is 24.7. The molecule has 0 spiro atoms. The number of ether oxygens (including phenoxy) is 4. The van der Waals surface area contributed by atoms with Gasteiger partial charge in [-0.1, -0.05) is 23.7 Å². The lowest BCUT2D eigenvalue weighted by Gasteiger charge is -2.24. The molecule has 154 valence electrons. The van der Waals surface area contributed by atoms with E-state index in [0.29, 0.717) is 33.3 Å². The van der Waals surface area contributed by atoms with Gasteiger partial charge in [-0.25, -0.2) is 0 Å². The van der Waals surface area contributed by atoms with Crippen LogP contribution < -0.4 is 14.8 Å². The molecule has 2 aromatic rings. The number of fused-ring (bicyclic) bond motifs is 1. The predicted octanol–water partition coefficient (Wildman–Crippen LogP) is 3.74. The van der Waals surface area contributed by atoms with Crippen molar-refractivity contribution in [3.8, 4) is 11.5 Å².